The quantitative estimate of drug-likeness (QED) is 0.680. The SMILES string of the molecule is CC[C@@H](O)C[NH+](CCC(C)C)Cc1cccn1Cc1ccc(F)cc1. The first-order valence-corrected chi connectivity index (χ1v) is 9.38. The fourth-order valence-corrected chi connectivity index (χ4v) is 3.04. The highest BCUT2D eigenvalue weighted by Gasteiger charge is 2.17. The maximum Gasteiger partial charge on any atom is 0.123 e. The normalized spacial score (nSPS) is 14.0. The van der Waals surface area contributed by atoms with Gasteiger partial charge in [-0.1, -0.05) is 32.9 Å². The van der Waals surface area contributed by atoms with Crippen molar-refractivity contribution in [3.05, 3.63) is 59.7 Å². The summed E-state index contributed by atoms with van der Waals surface area (Å²) in [4.78, 5) is 1.42. The molecule has 0 bridgehead atoms. The average Bonchev–Trinajstić information content (AvgIpc) is 3.01. The van der Waals surface area contributed by atoms with Crippen LogP contribution in [0.2, 0.25) is 0 Å². The summed E-state index contributed by atoms with van der Waals surface area (Å²) in [5.74, 6) is 0.467. The number of halogens is 1. The van der Waals surface area contributed by atoms with Gasteiger partial charge in [-0.25, -0.2) is 4.39 Å². The lowest BCUT2D eigenvalue weighted by atomic mass is 10.1. The van der Waals surface area contributed by atoms with Crippen molar-refractivity contribution in [2.24, 2.45) is 5.92 Å². The number of rotatable bonds is 10. The van der Waals surface area contributed by atoms with Crippen LogP contribution in [0.5, 0.6) is 0 Å². The summed E-state index contributed by atoms with van der Waals surface area (Å²) >= 11 is 0. The van der Waals surface area contributed by atoms with E-state index in [9.17, 15) is 9.50 Å². The molecule has 2 aromatic rings. The first-order chi connectivity index (χ1) is 12.0. The monoisotopic (exact) mass is 347 g/mol. The van der Waals surface area contributed by atoms with Crippen LogP contribution >= 0.6 is 0 Å². The molecule has 2 rings (SSSR count). The van der Waals surface area contributed by atoms with Crippen LogP contribution in [0.3, 0.4) is 0 Å². The van der Waals surface area contributed by atoms with E-state index in [1.165, 1.54) is 22.7 Å². The van der Waals surface area contributed by atoms with Crippen molar-refractivity contribution in [3.63, 3.8) is 0 Å². The molecule has 4 heteroatoms. The van der Waals surface area contributed by atoms with Crippen LogP contribution in [0, 0.1) is 11.7 Å². The highest BCUT2D eigenvalue weighted by atomic mass is 19.1. The summed E-state index contributed by atoms with van der Waals surface area (Å²) in [6.45, 7) is 10.0. The minimum absolute atomic E-state index is 0.200. The van der Waals surface area contributed by atoms with Crippen molar-refractivity contribution in [2.45, 2.75) is 52.8 Å². The molecule has 0 aliphatic heterocycles. The zero-order valence-corrected chi connectivity index (χ0v) is 15.7. The number of quaternary nitrogens is 1. The number of aliphatic hydroxyl groups is 1. The molecular formula is C21H32FN2O+. The van der Waals surface area contributed by atoms with E-state index in [2.05, 4.69) is 36.7 Å². The molecule has 2 N–H and O–H groups in total. The maximum atomic E-state index is 13.1. The van der Waals surface area contributed by atoms with Gasteiger partial charge in [0.05, 0.1) is 12.2 Å². The van der Waals surface area contributed by atoms with E-state index >= 15 is 0 Å². The zero-order chi connectivity index (χ0) is 18.2. The molecule has 0 saturated carbocycles. The van der Waals surface area contributed by atoms with Gasteiger partial charge in [0.15, 0.2) is 0 Å². The van der Waals surface area contributed by atoms with Gasteiger partial charge in [-0.15, -0.1) is 0 Å². The Labute approximate surface area is 151 Å². The summed E-state index contributed by atoms with van der Waals surface area (Å²) in [5, 5.41) is 10.1. The Morgan fingerprint density at radius 2 is 1.88 bits per heavy atom. The predicted octanol–water partition coefficient (Wildman–Crippen LogP) is 2.88. The summed E-state index contributed by atoms with van der Waals surface area (Å²) in [6, 6.07) is 10.9. The van der Waals surface area contributed by atoms with Crippen molar-refractivity contribution < 1.29 is 14.4 Å². The second-order valence-corrected chi connectivity index (χ2v) is 7.38. The van der Waals surface area contributed by atoms with Crippen molar-refractivity contribution in [1.82, 2.24) is 4.57 Å². The van der Waals surface area contributed by atoms with Gasteiger partial charge in [0.2, 0.25) is 0 Å². The molecule has 0 aliphatic rings. The lowest BCUT2D eigenvalue weighted by molar-refractivity contribution is -0.917. The Bertz CT molecular complexity index is 621. The highest BCUT2D eigenvalue weighted by molar-refractivity contribution is 5.18. The van der Waals surface area contributed by atoms with E-state index in [1.807, 2.05) is 19.1 Å². The fraction of sp³-hybridized carbons (Fsp3) is 0.524. The van der Waals surface area contributed by atoms with Gasteiger partial charge in [-0.3, -0.25) is 0 Å². The van der Waals surface area contributed by atoms with E-state index in [4.69, 9.17) is 0 Å². The van der Waals surface area contributed by atoms with Gasteiger partial charge < -0.3 is 14.6 Å². The first kappa shape index (κ1) is 19.7. The van der Waals surface area contributed by atoms with Crippen molar-refractivity contribution in [1.29, 1.82) is 0 Å². The highest BCUT2D eigenvalue weighted by Crippen LogP contribution is 2.09. The lowest BCUT2D eigenvalue weighted by Gasteiger charge is -2.23. The molecule has 25 heavy (non-hydrogen) atoms. The molecule has 1 heterocycles. The third kappa shape index (κ3) is 6.63. The number of nitrogens with one attached hydrogen (secondary N) is 1. The standard InChI is InChI=1S/C21H31FN2O/c1-4-21(25)16-23(13-11-17(2)3)15-20-6-5-12-24(20)14-18-7-9-19(22)10-8-18/h5-10,12,17,21,25H,4,11,13-16H2,1-3H3/p+1/t21-/m1/s1. The fourth-order valence-electron chi connectivity index (χ4n) is 3.04. The van der Waals surface area contributed by atoms with E-state index in [-0.39, 0.29) is 11.9 Å². The van der Waals surface area contributed by atoms with Gasteiger partial charge in [-0.2, -0.15) is 0 Å². The van der Waals surface area contributed by atoms with Crippen LogP contribution in [0.1, 0.15) is 44.9 Å². The van der Waals surface area contributed by atoms with Crippen LogP contribution in [-0.2, 0) is 13.1 Å². The summed E-state index contributed by atoms with van der Waals surface area (Å²) in [6.07, 6.45) is 3.78. The molecule has 0 radical (unpaired) electrons. The van der Waals surface area contributed by atoms with E-state index in [0.29, 0.717) is 5.92 Å². The number of hydrogen-bond acceptors (Lipinski definition) is 1. The third-order valence-electron chi connectivity index (χ3n) is 4.69. The van der Waals surface area contributed by atoms with E-state index in [0.717, 1.165) is 44.6 Å². The Balaban J connectivity index is 2.05. The van der Waals surface area contributed by atoms with Crippen LogP contribution in [0.25, 0.3) is 0 Å². The topological polar surface area (TPSA) is 29.6 Å². The Hall–Kier alpha value is -1.65. The number of aliphatic hydroxyl groups excluding tert-OH is 1. The lowest BCUT2D eigenvalue weighted by Crippen LogP contribution is -3.12. The molecule has 1 aromatic heterocycles. The second kappa shape index (κ2) is 9.73. The van der Waals surface area contributed by atoms with Gasteiger partial charge in [0.1, 0.15) is 25.0 Å². The maximum absolute atomic E-state index is 13.1. The molecule has 0 saturated heterocycles. The number of hydrogen-bond donors (Lipinski definition) is 2. The summed E-state index contributed by atoms with van der Waals surface area (Å²) < 4.78 is 15.3. The minimum Gasteiger partial charge on any atom is -0.387 e. The Kier molecular flexibility index (Phi) is 7.66. The molecule has 0 aliphatic carbocycles. The number of nitrogens with zero attached hydrogens (tertiary/aromatic N) is 1. The van der Waals surface area contributed by atoms with Crippen LogP contribution in [-0.4, -0.2) is 28.9 Å². The summed E-state index contributed by atoms with van der Waals surface area (Å²) in [7, 11) is 0. The Morgan fingerprint density at radius 3 is 2.52 bits per heavy atom. The van der Waals surface area contributed by atoms with Gasteiger partial charge in [0, 0.05) is 12.7 Å². The smallest absolute Gasteiger partial charge is 0.123 e. The molecule has 0 spiro atoms. The molecular weight excluding hydrogens is 315 g/mol. The zero-order valence-electron chi connectivity index (χ0n) is 15.7. The van der Waals surface area contributed by atoms with Crippen LogP contribution in [0.15, 0.2) is 42.6 Å². The number of benzene rings is 1. The molecule has 2 atom stereocenters. The van der Waals surface area contributed by atoms with Crippen molar-refractivity contribution in [2.75, 3.05) is 13.1 Å². The second-order valence-electron chi connectivity index (χ2n) is 7.38. The first-order valence-electron chi connectivity index (χ1n) is 9.38. The number of aromatic nitrogens is 1. The largest absolute Gasteiger partial charge is 0.387 e. The predicted molar refractivity (Wildman–Crippen MR) is 100 cm³/mol. The van der Waals surface area contributed by atoms with Crippen molar-refractivity contribution in [3.8, 4) is 0 Å². The summed E-state index contributed by atoms with van der Waals surface area (Å²) in [5.41, 5.74) is 2.35. The van der Waals surface area contributed by atoms with Crippen molar-refractivity contribution >= 4 is 0 Å². The molecule has 0 amide bonds. The molecule has 3 nitrogen and oxygen atoms in total. The van der Waals surface area contributed by atoms with Crippen LogP contribution in [0.4, 0.5) is 4.39 Å². The minimum atomic E-state index is -0.248. The van der Waals surface area contributed by atoms with Gasteiger partial charge >= 0.3 is 0 Å². The van der Waals surface area contributed by atoms with E-state index < -0.39 is 0 Å². The third-order valence-corrected chi connectivity index (χ3v) is 4.69. The molecule has 138 valence electrons. The molecule has 0 fully saturated rings. The average molecular weight is 347 g/mol. The molecule has 1 aromatic carbocycles. The van der Waals surface area contributed by atoms with Crippen LogP contribution < -0.4 is 4.90 Å². The van der Waals surface area contributed by atoms with E-state index in [1.54, 1.807) is 0 Å². The molecule has 1 unspecified atom stereocenters. The van der Waals surface area contributed by atoms with Gasteiger partial charge in [-0.05, 0) is 48.6 Å². The van der Waals surface area contributed by atoms with Gasteiger partial charge in [0.25, 0.3) is 0 Å². The Morgan fingerprint density at radius 1 is 1.16 bits per heavy atom.